The number of hydrogen-bond donors (Lipinski definition) is 0. The van der Waals surface area contributed by atoms with Crippen molar-refractivity contribution in [3.05, 3.63) is 139 Å². The summed E-state index contributed by atoms with van der Waals surface area (Å²) in [6.07, 6.45) is 6.69. The van der Waals surface area contributed by atoms with Crippen LogP contribution in [0.15, 0.2) is 133 Å². The summed E-state index contributed by atoms with van der Waals surface area (Å²) >= 11 is 0. The molecular formula is C36H26N2. The van der Waals surface area contributed by atoms with Crippen LogP contribution in [0.4, 0.5) is 0 Å². The van der Waals surface area contributed by atoms with E-state index in [4.69, 9.17) is 0 Å². The smallest absolute Gasteiger partial charge is 0.0541 e. The molecule has 1 aliphatic rings. The molecule has 2 nitrogen and oxygen atoms in total. The summed E-state index contributed by atoms with van der Waals surface area (Å²) < 4.78 is 4.88. The average molecular weight is 487 g/mol. The maximum absolute atomic E-state index is 2.47. The molecule has 2 heterocycles. The van der Waals surface area contributed by atoms with Crippen molar-refractivity contribution >= 4 is 54.9 Å². The third-order valence-corrected chi connectivity index (χ3v) is 8.05. The van der Waals surface area contributed by atoms with Crippen molar-refractivity contribution in [2.24, 2.45) is 0 Å². The molecule has 0 saturated carbocycles. The van der Waals surface area contributed by atoms with Gasteiger partial charge < -0.3 is 9.13 Å². The molecule has 1 aliphatic carbocycles. The van der Waals surface area contributed by atoms with Crippen molar-refractivity contribution in [2.75, 3.05) is 0 Å². The second-order valence-corrected chi connectivity index (χ2v) is 10.1. The van der Waals surface area contributed by atoms with E-state index in [1.165, 1.54) is 66.1 Å². The van der Waals surface area contributed by atoms with E-state index in [2.05, 4.69) is 143 Å². The molecule has 0 aliphatic heterocycles. The van der Waals surface area contributed by atoms with Crippen molar-refractivity contribution < 1.29 is 0 Å². The van der Waals surface area contributed by atoms with E-state index in [1.54, 1.807) is 0 Å². The zero-order chi connectivity index (χ0) is 25.1. The van der Waals surface area contributed by atoms with Crippen molar-refractivity contribution in [3.8, 4) is 5.69 Å². The van der Waals surface area contributed by atoms with Crippen LogP contribution in [0.2, 0.25) is 0 Å². The number of allylic oxidation sites excluding steroid dienone is 4. The van der Waals surface area contributed by atoms with Crippen LogP contribution in [0.3, 0.4) is 0 Å². The van der Waals surface area contributed by atoms with Gasteiger partial charge in [-0.15, -0.1) is 0 Å². The standard InChI is InChI=1S/C36H26N2/c1-2-10-25(11-3-1)26-18-20-27(21-19-26)37-35-17-9-6-14-31(35)32-24-28(22-23-36(32)37)38-33-15-7-4-12-29(33)30-13-5-8-16-34(30)38/h1-18,20,22-24H,19,21H2. The van der Waals surface area contributed by atoms with Gasteiger partial charge >= 0.3 is 0 Å². The molecule has 0 radical (unpaired) electrons. The monoisotopic (exact) mass is 486 g/mol. The van der Waals surface area contributed by atoms with Crippen molar-refractivity contribution in [1.82, 2.24) is 9.13 Å². The Hall–Kier alpha value is -4.82. The van der Waals surface area contributed by atoms with Gasteiger partial charge in [0.1, 0.15) is 0 Å². The third kappa shape index (κ3) is 3.13. The van der Waals surface area contributed by atoms with Crippen LogP contribution in [0.5, 0.6) is 0 Å². The number of hydrogen-bond acceptors (Lipinski definition) is 0. The Kier molecular flexibility index (Phi) is 4.68. The molecule has 2 heteroatoms. The summed E-state index contributed by atoms with van der Waals surface area (Å²) in [5.41, 5.74) is 10.3. The Morgan fingerprint density at radius 2 is 0.974 bits per heavy atom. The van der Waals surface area contributed by atoms with Gasteiger partial charge in [0.05, 0.1) is 22.1 Å². The van der Waals surface area contributed by atoms with Gasteiger partial charge in [0, 0.05) is 32.9 Å². The molecule has 0 saturated heterocycles. The summed E-state index contributed by atoms with van der Waals surface area (Å²) in [4.78, 5) is 0. The lowest BCUT2D eigenvalue weighted by molar-refractivity contribution is 0.992. The zero-order valence-corrected chi connectivity index (χ0v) is 21.0. The van der Waals surface area contributed by atoms with E-state index in [9.17, 15) is 0 Å². The second-order valence-electron chi connectivity index (χ2n) is 10.1. The molecule has 0 unspecified atom stereocenters. The van der Waals surface area contributed by atoms with E-state index in [-0.39, 0.29) is 0 Å². The van der Waals surface area contributed by atoms with Crippen LogP contribution >= 0.6 is 0 Å². The molecule has 38 heavy (non-hydrogen) atoms. The molecule has 0 bridgehead atoms. The predicted octanol–water partition coefficient (Wildman–Crippen LogP) is 9.61. The van der Waals surface area contributed by atoms with E-state index in [0.29, 0.717) is 0 Å². The zero-order valence-electron chi connectivity index (χ0n) is 21.0. The number of aromatic nitrogens is 2. The first kappa shape index (κ1) is 21.3. The lowest BCUT2D eigenvalue weighted by atomic mass is 9.96. The van der Waals surface area contributed by atoms with Crippen LogP contribution in [0.1, 0.15) is 18.4 Å². The van der Waals surface area contributed by atoms with Crippen molar-refractivity contribution in [2.45, 2.75) is 12.8 Å². The Morgan fingerprint density at radius 3 is 1.61 bits per heavy atom. The van der Waals surface area contributed by atoms with Crippen LogP contribution < -0.4 is 0 Å². The van der Waals surface area contributed by atoms with Crippen LogP contribution in [-0.2, 0) is 0 Å². The van der Waals surface area contributed by atoms with Gasteiger partial charge in [-0.3, -0.25) is 0 Å². The third-order valence-electron chi connectivity index (χ3n) is 8.05. The number of fused-ring (bicyclic) bond motifs is 6. The fourth-order valence-electron chi connectivity index (χ4n) is 6.32. The van der Waals surface area contributed by atoms with Gasteiger partial charge in [-0.1, -0.05) is 91.0 Å². The second kappa shape index (κ2) is 8.36. The van der Waals surface area contributed by atoms with Crippen LogP contribution in [0, 0.1) is 0 Å². The highest BCUT2D eigenvalue weighted by atomic mass is 15.0. The number of nitrogens with zero attached hydrogens (tertiary/aromatic N) is 2. The van der Waals surface area contributed by atoms with Gasteiger partial charge in [-0.25, -0.2) is 0 Å². The highest BCUT2D eigenvalue weighted by Crippen LogP contribution is 2.38. The Labute approximate surface area is 221 Å². The normalized spacial score (nSPS) is 13.9. The Bertz CT molecular complexity index is 2010. The molecule has 0 N–H and O–H groups in total. The number of para-hydroxylation sites is 3. The summed E-state index contributed by atoms with van der Waals surface area (Å²) in [6, 6.07) is 44.0. The first-order valence-corrected chi connectivity index (χ1v) is 13.3. The minimum absolute atomic E-state index is 1.02. The van der Waals surface area contributed by atoms with Gasteiger partial charge in [0.25, 0.3) is 0 Å². The van der Waals surface area contributed by atoms with Gasteiger partial charge in [-0.05, 0) is 66.5 Å². The average Bonchev–Trinajstić information content (AvgIpc) is 3.50. The van der Waals surface area contributed by atoms with Gasteiger partial charge in [0.2, 0.25) is 0 Å². The predicted molar refractivity (Wildman–Crippen MR) is 162 cm³/mol. The molecule has 5 aromatic carbocycles. The molecule has 2 aromatic heterocycles. The Balaban J connectivity index is 1.34. The van der Waals surface area contributed by atoms with E-state index < -0.39 is 0 Å². The van der Waals surface area contributed by atoms with Crippen LogP contribution in [0.25, 0.3) is 60.6 Å². The minimum atomic E-state index is 1.02. The highest BCUT2D eigenvalue weighted by molar-refractivity contribution is 6.12. The molecule has 180 valence electrons. The highest BCUT2D eigenvalue weighted by Gasteiger charge is 2.18. The molecule has 0 fully saturated rings. The van der Waals surface area contributed by atoms with E-state index >= 15 is 0 Å². The molecular weight excluding hydrogens is 460 g/mol. The quantitative estimate of drug-likeness (QED) is 0.235. The fraction of sp³-hybridized carbons (Fsp3) is 0.0556. The van der Waals surface area contributed by atoms with Gasteiger partial charge in [-0.2, -0.15) is 0 Å². The molecule has 8 rings (SSSR count). The first-order chi connectivity index (χ1) is 18.9. The van der Waals surface area contributed by atoms with E-state index in [1.807, 2.05) is 0 Å². The first-order valence-electron chi connectivity index (χ1n) is 13.3. The minimum Gasteiger partial charge on any atom is -0.313 e. The van der Waals surface area contributed by atoms with Gasteiger partial charge in [0.15, 0.2) is 0 Å². The number of benzene rings is 5. The maximum atomic E-state index is 2.47. The summed E-state index contributed by atoms with van der Waals surface area (Å²) in [5, 5.41) is 5.17. The van der Waals surface area contributed by atoms with Crippen molar-refractivity contribution in [3.63, 3.8) is 0 Å². The molecule has 0 spiro atoms. The largest absolute Gasteiger partial charge is 0.313 e. The summed E-state index contributed by atoms with van der Waals surface area (Å²) in [5.74, 6) is 0. The summed E-state index contributed by atoms with van der Waals surface area (Å²) in [6.45, 7) is 0. The fourth-order valence-corrected chi connectivity index (χ4v) is 6.32. The molecule has 0 atom stereocenters. The van der Waals surface area contributed by atoms with Crippen LogP contribution in [-0.4, -0.2) is 9.13 Å². The summed E-state index contributed by atoms with van der Waals surface area (Å²) in [7, 11) is 0. The van der Waals surface area contributed by atoms with Crippen molar-refractivity contribution in [1.29, 1.82) is 0 Å². The Morgan fingerprint density at radius 1 is 0.421 bits per heavy atom. The maximum Gasteiger partial charge on any atom is 0.0541 e. The topological polar surface area (TPSA) is 9.86 Å². The SMILES string of the molecule is C1=C(c2ccccc2)CCC(n2c3ccccc3c3cc(-n4c5ccccc5c5ccccc54)ccc32)=C1. The van der Waals surface area contributed by atoms with E-state index in [0.717, 1.165) is 12.8 Å². The number of rotatable bonds is 3. The molecule has 0 amide bonds. The lowest BCUT2D eigenvalue weighted by Gasteiger charge is -2.18. The molecule has 7 aromatic rings. The lowest BCUT2D eigenvalue weighted by Crippen LogP contribution is -2.01.